The van der Waals surface area contributed by atoms with E-state index in [9.17, 15) is 0 Å². The van der Waals surface area contributed by atoms with Crippen molar-refractivity contribution in [3.8, 4) is 11.3 Å². The second kappa shape index (κ2) is 3.54. The summed E-state index contributed by atoms with van der Waals surface area (Å²) in [5.41, 5.74) is 3.50. The van der Waals surface area contributed by atoms with Crippen LogP contribution in [0.5, 0.6) is 0 Å². The van der Waals surface area contributed by atoms with Crippen LogP contribution in [-0.2, 0) is 5.41 Å². The third-order valence-electron chi connectivity index (χ3n) is 2.48. The van der Waals surface area contributed by atoms with Crippen molar-refractivity contribution >= 4 is 0 Å². The largest absolute Gasteiger partial charge is 0.364 e. The highest BCUT2D eigenvalue weighted by Gasteiger charge is 2.13. The van der Waals surface area contributed by atoms with E-state index >= 15 is 0 Å². The number of hydrogen-bond acceptors (Lipinski definition) is 2. The summed E-state index contributed by atoms with van der Waals surface area (Å²) in [4.78, 5) is 0. The average Bonchev–Trinajstić information content (AvgIpc) is 2.69. The van der Waals surface area contributed by atoms with Crippen LogP contribution in [0.4, 0.5) is 0 Å². The third kappa shape index (κ3) is 2.09. The molecular weight excluding hydrogens is 186 g/mol. The Kier molecular flexibility index (Phi) is 2.35. The zero-order valence-electron chi connectivity index (χ0n) is 9.32. The van der Waals surface area contributed by atoms with E-state index in [1.807, 2.05) is 6.07 Å². The lowest BCUT2D eigenvalue weighted by atomic mass is 9.86. The minimum atomic E-state index is 0.197. The smallest absolute Gasteiger partial charge is 0.124 e. The van der Waals surface area contributed by atoms with Crippen molar-refractivity contribution in [1.82, 2.24) is 5.16 Å². The Labute approximate surface area is 89.9 Å². The van der Waals surface area contributed by atoms with Gasteiger partial charge in [0, 0.05) is 11.6 Å². The van der Waals surface area contributed by atoms with E-state index in [0.29, 0.717) is 0 Å². The molecule has 0 N–H and O–H groups in total. The molecule has 78 valence electrons. The quantitative estimate of drug-likeness (QED) is 0.704. The van der Waals surface area contributed by atoms with E-state index in [4.69, 9.17) is 4.52 Å². The predicted molar refractivity (Wildman–Crippen MR) is 60.6 cm³/mol. The first kappa shape index (κ1) is 9.97. The molecule has 0 atom stereocenters. The number of nitrogens with zero attached hydrogens (tertiary/aromatic N) is 1. The monoisotopic (exact) mass is 201 g/mol. The minimum absolute atomic E-state index is 0.197. The zero-order chi connectivity index (χ0) is 10.9. The molecule has 0 radical (unpaired) electrons. The van der Waals surface area contributed by atoms with Gasteiger partial charge in [-0.3, -0.25) is 0 Å². The van der Waals surface area contributed by atoms with Crippen molar-refractivity contribution in [2.24, 2.45) is 0 Å². The molecule has 1 heterocycles. The van der Waals surface area contributed by atoms with Crippen molar-refractivity contribution in [2.45, 2.75) is 26.2 Å². The fraction of sp³-hybridized carbons (Fsp3) is 0.308. The van der Waals surface area contributed by atoms with Crippen LogP contribution in [0.1, 0.15) is 26.3 Å². The third-order valence-corrected chi connectivity index (χ3v) is 2.48. The second-order valence-electron chi connectivity index (χ2n) is 4.71. The van der Waals surface area contributed by atoms with Gasteiger partial charge in [-0.15, -0.1) is 0 Å². The normalized spacial score (nSPS) is 11.7. The van der Waals surface area contributed by atoms with Gasteiger partial charge >= 0.3 is 0 Å². The van der Waals surface area contributed by atoms with Crippen LogP contribution in [0, 0.1) is 0 Å². The summed E-state index contributed by atoms with van der Waals surface area (Å²) in [5.74, 6) is 0. The molecule has 2 nitrogen and oxygen atoms in total. The Morgan fingerprint density at radius 2 is 1.67 bits per heavy atom. The standard InChI is InChI=1S/C13H15NO/c1-13(2,3)11-6-4-10(5-7-11)12-8-9-15-14-12/h4-9H,1-3H3. The summed E-state index contributed by atoms with van der Waals surface area (Å²) in [6.45, 7) is 6.62. The van der Waals surface area contributed by atoms with Gasteiger partial charge in [-0.1, -0.05) is 50.2 Å². The fourth-order valence-electron chi connectivity index (χ4n) is 1.50. The first-order chi connectivity index (χ1) is 7.07. The maximum atomic E-state index is 4.82. The van der Waals surface area contributed by atoms with Crippen LogP contribution in [0.2, 0.25) is 0 Å². The van der Waals surface area contributed by atoms with Crippen molar-refractivity contribution in [1.29, 1.82) is 0 Å². The molecule has 1 aromatic heterocycles. The van der Waals surface area contributed by atoms with Gasteiger partial charge in [-0.25, -0.2) is 0 Å². The van der Waals surface area contributed by atoms with Gasteiger partial charge in [0.2, 0.25) is 0 Å². The molecule has 2 rings (SSSR count). The molecule has 0 amide bonds. The summed E-state index contributed by atoms with van der Waals surface area (Å²) < 4.78 is 4.82. The van der Waals surface area contributed by atoms with Gasteiger partial charge in [0.05, 0.1) is 0 Å². The summed E-state index contributed by atoms with van der Waals surface area (Å²) in [6.07, 6.45) is 1.59. The average molecular weight is 201 g/mol. The lowest BCUT2D eigenvalue weighted by Gasteiger charge is -2.18. The molecule has 0 bridgehead atoms. The molecule has 0 aliphatic heterocycles. The number of aromatic nitrogens is 1. The molecule has 15 heavy (non-hydrogen) atoms. The van der Waals surface area contributed by atoms with Gasteiger partial charge in [0.1, 0.15) is 12.0 Å². The van der Waals surface area contributed by atoms with Crippen LogP contribution >= 0.6 is 0 Å². The summed E-state index contributed by atoms with van der Waals surface area (Å²) in [7, 11) is 0. The van der Waals surface area contributed by atoms with Crippen molar-refractivity contribution in [2.75, 3.05) is 0 Å². The highest BCUT2D eigenvalue weighted by molar-refractivity contribution is 5.58. The van der Waals surface area contributed by atoms with Gasteiger partial charge in [-0.05, 0) is 11.0 Å². The molecule has 0 fully saturated rings. The number of rotatable bonds is 1. The molecule has 0 aliphatic rings. The topological polar surface area (TPSA) is 26.0 Å². The van der Waals surface area contributed by atoms with E-state index in [2.05, 4.69) is 50.2 Å². The van der Waals surface area contributed by atoms with Crippen LogP contribution in [0.25, 0.3) is 11.3 Å². The SMILES string of the molecule is CC(C)(C)c1ccc(-c2ccon2)cc1. The lowest BCUT2D eigenvalue weighted by molar-refractivity contribution is 0.422. The summed E-state index contributed by atoms with van der Waals surface area (Å²) in [5, 5.41) is 3.90. The lowest BCUT2D eigenvalue weighted by Crippen LogP contribution is -2.10. The molecule has 1 aromatic carbocycles. The van der Waals surface area contributed by atoms with E-state index < -0.39 is 0 Å². The maximum absolute atomic E-state index is 4.82. The van der Waals surface area contributed by atoms with Crippen molar-refractivity contribution in [3.63, 3.8) is 0 Å². The Morgan fingerprint density at radius 1 is 1.00 bits per heavy atom. The second-order valence-corrected chi connectivity index (χ2v) is 4.71. The van der Waals surface area contributed by atoms with Gasteiger partial charge in [0.25, 0.3) is 0 Å². The molecule has 0 spiro atoms. The van der Waals surface area contributed by atoms with E-state index in [-0.39, 0.29) is 5.41 Å². The van der Waals surface area contributed by atoms with Crippen LogP contribution < -0.4 is 0 Å². The molecule has 0 saturated heterocycles. The van der Waals surface area contributed by atoms with Crippen molar-refractivity contribution in [3.05, 3.63) is 42.2 Å². The van der Waals surface area contributed by atoms with E-state index in [1.165, 1.54) is 5.56 Å². The van der Waals surface area contributed by atoms with Gasteiger partial charge < -0.3 is 4.52 Å². The van der Waals surface area contributed by atoms with E-state index in [1.54, 1.807) is 6.26 Å². The first-order valence-electron chi connectivity index (χ1n) is 5.09. The van der Waals surface area contributed by atoms with Crippen LogP contribution in [0.15, 0.2) is 41.1 Å². The summed E-state index contributed by atoms with van der Waals surface area (Å²) >= 11 is 0. The van der Waals surface area contributed by atoms with E-state index in [0.717, 1.165) is 11.3 Å². The van der Waals surface area contributed by atoms with Crippen LogP contribution in [-0.4, -0.2) is 5.16 Å². The molecule has 0 aliphatic carbocycles. The fourth-order valence-corrected chi connectivity index (χ4v) is 1.50. The van der Waals surface area contributed by atoms with Gasteiger partial charge in [0.15, 0.2) is 0 Å². The number of hydrogen-bond donors (Lipinski definition) is 0. The Hall–Kier alpha value is -1.57. The maximum Gasteiger partial charge on any atom is 0.124 e. The van der Waals surface area contributed by atoms with Gasteiger partial charge in [-0.2, -0.15) is 0 Å². The highest BCUT2D eigenvalue weighted by atomic mass is 16.5. The Balaban J connectivity index is 2.33. The minimum Gasteiger partial charge on any atom is -0.364 e. The first-order valence-corrected chi connectivity index (χ1v) is 5.09. The molecule has 2 heteroatoms. The van der Waals surface area contributed by atoms with Crippen LogP contribution in [0.3, 0.4) is 0 Å². The zero-order valence-corrected chi connectivity index (χ0v) is 9.32. The predicted octanol–water partition coefficient (Wildman–Crippen LogP) is 3.64. The Bertz CT molecular complexity index is 421. The highest BCUT2D eigenvalue weighted by Crippen LogP contribution is 2.25. The molecule has 0 saturated carbocycles. The molecule has 0 unspecified atom stereocenters. The molecule has 2 aromatic rings. The molecular formula is C13H15NO. The summed E-state index contributed by atoms with van der Waals surface area (Å²) in [6, 6.07) is 10.3. The number of benzene rings is 1. The Morgan fingerprint density at radius 3 is 2.13 bits per heavy atom. The van der Waals surface area contributed by atoms with Crippen molar-refractivity contribution < 1.29 is 4.52 Å².